The average molecular weight is 310 g/mol. The van der Waals surface area contributed by atoms with Gasteiger partial charge in [-0.05, 0) is 19.1 Å². The first-order chi connectivity index (χ1) is 8.63. The molecule has 2 rings (SSSR count). The molecule has 0 unspecified atom stereocenters. The van der Waals surface area contributed by atoms with Crippen LogP contribution in [0.25, 0.3) is 11.3 Å². The van der Waals surface area contributed by atoms with E-state index in [1.807, 2.05) is 24.3 Å². The van der Waals surface area contributed by atoms with Gasteiger partial charge >= 0.3 is 5.97 Å². The van der Waals surface area contributed by atoms with Gasteiger partial charge < -0.3 is 10.5 Å². The van der Waals surface area contributed by atoms with Crippen molar-refractivity contribution >= 4 is 27.7 Å². The first-order valence-corrected chi connectivity index (χ1v) is 6.19. The summed E-state index contributed by atoms with van der Waals surface area (Å²) >= 11 is 3.35. The molecule has 0 atom stereocenters. The van der Waals surface area contributed by atoms with Crippen molar-refractivity contribution in [3.8, 4) is 11.3 Å². The van der Waals surface area contributed by atoms with Crippen molar-refractivity contribution in [2.75, 3.05) is 12.3 Å². The summed E-state index contributed by atoms with van der Waals surface area (Å²) in [6.45, 7) is 2.04. The predicted molar refractivity (Wildman–Crippen MR) is 72.1 cm³/mol. The number of anilines is 1. The number of rotatable bonds is 3. The Labute approximate surface area is 112 Å². The molecule has 3 N–H and O–H groups in total. The number of nitrogens with one attached hydrogen (secondary N) is 1. The summed E-state index contributed by atoms with van der Waals surface area (Å²) < 4.78 is 5.92. The van der Waals surface area contributed by atoms with E-state index < -0.39 is 5.97 Å². The lowest BCUT2D eigenvalue weighted by molar-refractivity contribution is 0.0528. The van der Waals surface area contributed by atoms with Gasteiger partial charge in [-0.25, -0.2) is 4.79 Å². The maximum absolute atomic E-state index is 11.8. The molecule has 0 bridgehead atoms. The number of benzene rings is 1. The van der Waals surface area contributed by atoms with Crippen LogP contribution in [0.5, 0.6) is 0 Å². The van der Waals surface area contributed by atoms with E-state index in [4.69, 9.17) is 10.5 Å². The number of carbonyl (C=O) groups excluding carboxylic acids is 1. The standard InChI is InChI=1S/C12H12BrN3O2/c1-2-18-12(17)9-10(15-16-11(9)14)7-3-5-8(13)6-4-7/h3-6H,2H2,1H3,(H3,14,15,16). The molecule has 1 aromatic heterocycles. The lowest BCUT2D eigenvalue weighted by Gasteiger charge is -2.04. The molecule has 0 spiro atoms. The number of H-pyrrole nitrogens is 1. The van der Waals surface area contributed by atoms with Crippen molar-refractivity contribution in [3.05, 3.63) is 34.3 Å². The van der Waals surface area contributed by atoms with Crippen LogP contribution in [0.2, 0.25) is 0 Å². The van der Waals surface area contributed by atoms with Gasteiger partial charge in [-0.1, -0.05) is 28.1 Å². The van der Waals surface area contributed by atoms with Crippen molar-refractivity contribution in [3.63, 3.8) is 0 Å². The molecular formula is C12H12BrN3O2. The van der Waals surface area contributed by atoms with E-state index in [1.54, 1.807) is 6.92 Å². The van der Waals surface area contributed by atoms with Crippen LogP contribution in [-0.2, 0) is 4.74 Å². The first-order valence-electron chi connectivity index (χ1n) is 5.40. The Kier molecular flexibility index (Phi) is 3.66. The number of aromatic amines is 1. The molecule has 2 aromatic rings. The molecule has 0 radical (unpaired) electrons. The molecule has 1 heterocycles. The van der Waals surface area contributed by atoms with Crippen LogP contribution in [0.1, 0.15) is 17.3 Å². The average Bonchev–Trinajstić information content (AvgIpc) is 2.72. The minimum atomic E-state index is -0.471. The van der Waals surface area contributed by atoms with Crippen molar-refractivity contribution < 1.29 is 9.53 Å². The van der Waals surface area contributed by atoms with E-state index >= 15 is 0 Å². The van der Waals surface area contributed by atoms with Crippen LogP contribution in [0.3, 0.4) is 0 Å². The predicted octanol–water partition coefficient (Wildman–Crippen LogP) is 2.60. The monoisotopic (exact) mass is 309 g/mol. The lowest BCUT2D eigenvalue weighted by Crippen LogP contribution is -2.07. The summed E-state index contributed by atoms with van der Waals surface area (Å²) in [5.41, 5.74) is 7.36. The highest BCUT2D eigenvalue weighted by Crippen LogP contribution is 2.27. The molecule has 1 aromatic carbocycles. The number of halogens is 1. The fourth-order valence-corrected chi connectivity index (χ4v) is 1.86. The number of nitrogens with two attached hydrogens (primary N) is 1. The van der Waals surface area contributed by atoms with E-state index in [0.29, 0.717) is 12.3 Å². The zero-order valence-electron chi connectivity index (χ0n) is 9.74. The van der Waals surface area contributed by atoms with Gasteiger partial charge in [0.25, 0.3) is 0 Å². The van der Waals surface area contributed by atoms with Gasteiger partial charge in [-0.15, -0.1) is 0 Å². The van der Waals surface area contributed by atoms with Crippen molar-refractivity contribution in [1.29, 1.82) is 0 Å². The third-order valence-corrected chi connectivity index (χ3v) is 2.94. The van der Waals surface area contributed by atoms with E-state index in [0.717, 1.165) is 10.0 Å². The fourth-order valence-electron chi connectivity index (χ4n) is 1.59. The molecule has 0 fully saturated rings. The van der Waals surface area contributed by atoms with Gasteiger partial charge in [-0.3, -0.25) is 5.10 Å². The number of ether oxygens (including phenoxy) is 1. The summed E-state index contributed by atoms with van der Waals surface area (Å²) in [6, 6.07) is 7.47. The second-order valence-electron chi connectivity index (χ2n) is 3.59. The Morgan fingerprint density at radius 1 is 1.44 bits per heavy atom. The quantitative estimate of drug-likeness (QED) is 0.854. The second-order valence-corrected chi connectivity index (χ2v) is 4.50. The van der Waals surface area contributed by atoms with E-state index in [9.17, 15) is 4.79 Å². The highest BCUT2D eigenvalue weighted by Gasteiger charge is 2.20. The summed E-state index contributed by atoms with van der Waals surface area (Å²) in [4.78, 5) is 11.8. The highest BCUT2D eigenvalue weighted by atomic mass is 79.9. The molecule has 18 heavy (non-hydrogen) atoms. The molecule has 0 aliphatic carbocycles. The van der Waals surface area contributed by atoms with Crippen LogP contribution in [0.4, 0.5) is 5.82 Å². The molecule has 94 valence electrons. The van der Waals surface area contributed by atoms with Crippen molar-refractivity contribution in [1.82, 2.24) is 10.2 Å². The topological polar surface area (TPSA) is 81.0 Å². The minimum Gasteiger partial charge on any atom is -0.462 e. The molecular weight excluding hydrogens is 298 g/mol. The SMILES string of the molecule is CCOC(=O)c1c(N)n[nH]c1-c1ccc(Br)cc1. The normalized spacial score (nSPS) is 10.3. The molecule has 0 saturated heterocycles. The van der Waals surface area contributed by atoms with Crippen LogP contribution in [0, 0.1) is 0 Å². The summed E-state index contributed by atoms with van der Waals surface area (Å²) in [5, 5.41) is 6.62. The Balaban J connectivity index is 2.45. The number of nitrogens with zero attached hydrogens (tertiary/aromatic N) is 1. The number of hydrogen-bond donors (Lipinski definition) is 2. The van der Waals surface area contributed by atoms with Gasteiger partial charge in [0.2, 0.25) is 0 Å². The molecule has 0 amide bonds. The van der Waals surface area contributed by atoms with Crippen molar-refractivity contribution in [2.45, 2.75) is 6.92 Å². The van der Waals surface area contributed by atoms with Gasteiger partial charge in [0.15, 0.2) is 5.82 Å². The molecule has 0 saturated carbocycles. The number of nitrogen functional groups attached to an aromatic ring is 1. The second kappa shape index (κ2) is 5.22. The largest absolute Gasteiger partial charge is 0.462 e. The first kappa shape index (κ1) is 12.6. The summed E-state index contributed by atoms with van der Waals surface area (Å²) in [5.74, 6) is -0.326. The van der Waals surface area contributed by atoms with Crippen LogP contribution in [0.15, 0.2) is 28.7 Å². The van der Waals surface area contributed by atoms with E-state index in [2.05, 4.69) is 26.1 Å². The van der Waals surface area contributed by atoms with Gasteiger partial charge in [0.1, 0.15) is 5.56 Å². The molecule has 5 nitrogen and oxygen atoms in total. The number of carbonyl (C=O) groups is 1. The maximum atomic E-state index is 11.8. The number of hydrogen-bond acceptors (Lipinski definition) is 4. The Morgan fingerprint density at radius 2 is 2.11 bits per heavy atom. The van der Waals surface area contributed by atoms with Crippen molar-refractivity contribution in [2.24, 2.45) is 0 Å². The maximum Gasteiger partial charge on any atom is 0.344 e. The lowest BCUT2D eigenvalue weighted by atomic mass is 10.1. The summed E-state index contributed by atoms with van der Waals surface area (Å²) in [6.07, 6.45) is 0. The molecule has 0 aliphatic rings. The Hall–Kier alpha value is -1.82. The highest BCUT2D eigenvalue weighted by molar-refractivity contribution is 9.10. The van der Waals surface area contributed by atoms with Gasteiger partial charge in [0, 0.05) is 10.0 Å². The number of aromatic nitrogens is 2. The van der Waals surface area contributed by atoms with Gasteiger partial charge in [-0.2, -0.15) is 5.10 Å². The fraction of sp³-hybridized carbons (Fsp3) is 0.167. The third-order valence-electron chi connectivity index (χ3n) is 2.41. The molecule has 0 aliphatic heterocycles. The van der Waals surface area contributed by atoms with E-state index in [-0.39, 0.29) is 11.4 Å². The zero-order valence-corrected chi connectivity index (χ0v) is 11.3. The third kappa shape index (κ3) is 2.38. The Morgan fingerprint density at radius 3 is 2.72 bits per heavy atom. The smallest absolute Gasteiger partial charge is 0.344 e. The minimum absolute atomic E-state index is 0.145. The van der Waals surface area contributed by atoms with E-state index in [1.165, 1.54) is 0 Å². The van der Waals surface area contributed by atoms with Crippen LogP contribution in [-0.4, -0.2) is 22.8 Å². The summed E-state index contributed by atoms with van der Waals surface area (Å²) in [7, 11) is 0. The van der Waals surface area contributed by atoms with Crippen LogP contribution >= 0.6 is 15.9 Å². The van der Waals surface area contributed by atoms with Crippen LogP contribution < -0.4 is 5.73 Å². The van der Waals surface area contributed by atoms with Gasteiger partial charge in [0.05, 0.1) is 12.3 Å². The zero-order chi connectivity index (χ0) is 13.1. The molecule has 6 heteroatoms. The number of esters is 1. The Bertz CT molecular complexity index is 563.